The van der Waals surface area contributed by atoms with Crippen LogP contribution < -0.4 is 0 Å². The summed E-state index contributed by atoms with van der Waals surface area (Å²) in [6.45, 7) is 4.67. The summed E-state index contributed by atoms with van der Waals surface area (Å²) in [5.41, 5.74) is 0.504. The van der Waals surface area contributed by atoms with Crippen LogP contribution in [-0.2, 0) is 0 Å². The number of carbonyl (C=O) groups is 1. The van der Waals surface area contributed by atoms with E-state index >= 15 is 0 Å². The zero-order chi connectivity index (χ0) is 12.4. The fraction of sp³-hybridized carbons (Fsp3) is 0.500. The molecular formula is C12H16BrN3O. The number of rotatable bonds is 1. The highest BCUT2D eigenvalue weighted by Crippen LogP contribution is 2.18. The minimum absolute atomic E-state index is 0.0121. The zero-order valence-electron chi connectivity index (χ0n) is 10.1. The first-order chi connectivity index (χ1) is 8.09. The van der Waals surface area contributed by atoms with Gasteiger partial charge in [-0.1, -0.05) is 0 Å². The van der Waals surface area contributed by atoms with Crippen LogP contribution in [0.2, 0.25) is 0 Å². The number of piperazine rings is 1. The van der Waals surface area contributed by atoms with Crippen molar-refractivity contribution in [2.45, 2.75) is 13.0 Å². The van der Waals surface area contributed by atoms with E-state index in [0.717, 1.165) is 24.1 Å². The maximum absolute atomic E-state index is 12.4. The average Bonchev–Trinajstić information content (AvgIpc) is 2.29. The van der Waals surface area contributed by atoms with E-state index < -0.39 is 0 Å². The van der Waals surface area contributed by atoms with Crippen molar-refractivity contribution in [3.8, 4) is 0 Å². The second-order valence-electron chi connectivity index (χ2n) is 4.44. The molecule has 5 heteroatoms. The number of nitrogens with zero attached hydrogens (tertiary/aromatic N) is 3. The Morgan fingerprint density at radius 1 is 1.53 bits per heavy atom. The van der Waals surface area contributed by atoms with Crippen molar-refractivity contribution in [2.24, 2.45) is 0 Å². The van der Waals surface area contributed by atoms with Gasteiger partial charge in [-0.15, -0.1) is 0 Å². The predicted molar refractivity (Wildman–Crippen MR) is 69.9 cm³/mol. The lowest BCUT2D eigenvalue weighted by Crippen LogP contribution is -2.52. The molecule has 2 rings (SSSR count). The normalized spacial score (nSPS) is 21.6. The molecule has 1 amide bonds. The minimum Gasteiger partial charge on any atom is -0.332 e. The molecule has 1 unspecified atom stereocenters. The summed E-state index contributed by atoms with van der Waals surface area (Å²) in [7, 11) is 2.08. The van der Waals surface area contributed by atoms with Gasteiger partial charge >= 0.3 is 0 Å². The van der Waals surface area contributed by atoms with Gasteiger partial charge in [-0.05, 0) is 42.0 Å². The van der Waals surface area contributed by atoms with E-state index in [2.05, 4.69) is 39.8 Å². The Balaban J connectivity index is 2.18. The quantitative estimate of drug-likeness (QED) is 0.790. The second kappa shape index (κ2) is 5.14. The van der Waals surface area contributed by atoms with Gasteiger partial charge in [-0.3, -0.25) is 4.79 Å². The van der Waals surface area contributed by atoms with Crippen LogP contribution in [0.15, 0.2) is 22.8 Å². The SMILES string of the molecule is CC1CN(C)CCN1C(=O)c1ncccc1Br. The Kier molecular flexibility index (Phi) is 3.79. The molecule has 1 aromatic rings. The van der Waals surface area contributed by atoms with Gasteiger partial charge in [-0.25, -0.2) is 4.98 Å². The van der Waals surface area contributed by atoms with E-state index in [1.807, 2.05) is 17.0 Å². The first kappa shape index (κ1) is 12.5. The van der Waals surface area contributed by atoms with E-state index in [4.69, 9.17) is 0 Å². The number of pyridine rings is 1. The van der Waals surface area contributed by atoms with Crippen molar-refractivity contribution in [1.82, 2.24) is 14.8 Å². The molecule has 0 saturated carbocycles. The maximum atomic E-state index is 12.4. The number of likely N-dealkylation sites (N-methyl/N-ethyl adjacent to an activating group) is 1. The van der Waals surface area contributed by atoms with Crippen LogP contribution >= 0.6 is 15.9 Å². The van der Waals surface area contributed by atoms with E-state index in [1.165, 1.54) is 0 Å². The van der Waals surface area contributed by atoms with Crippen LogP contribution in [0.1, 0.15) is 17.4 Å². The molecule has 0 spiro atoms. The van der Waals surface area contributed by atoms with Gasteiger partial charge in [0.05, 0.1) is 0 Å². The molecule has 1 aliphatic rings. The molecule has 0 N–H and O–H groups in total. The number of carbonyl (C=O) groups excluding carboxylic acids is 1. The van der Waals surface area contributed by atoms with E-state index in [9.17, 15) is 4.79 Å². The van der Waals surface area contributed by atoms with Crippen molar-refractivity contribution in [1.29, 1.82) is 0 Å². The lowest BCUT2D eigenvalue weighted by molar-refractivity contribution is 0.0527. The minimum atomic E-state index is 0.0121. The highest BCUT2D eigenvalue weighted by atomic mass is 79.9. The summed E-state index contributed by atoms with van der Waals surface area (Å²) < 4.78 is 0.760. The molecule has 0 bridgehead atoms. The van der Waals surface area contributed by atoms with Crippen LogP contribution in [0.5, 0.6) is 0 Å². The lowest BCUT2D eigenvalue weighted by atomic mass is 10.2. The Labute approximate surface area is 110 Å². The van der Waals surface area contributed by atoms with Crippen molar-refractivity contribution in [3.63, 3.8) is 0 Å². The summed E-state index contributed by atoms with van der Waals surface area (Å²) >= 11 is 3.37. The van der Waals surface area contributed by atoms with Gasteiger partial charge in [0.2, 0.25) is 0 Å². The van der Waals surface area contributed by atoms with Crippen molar-refractivity contribution >= 4 is 21.8 Å². The third kappa shape index (κ3) is 2.66. The zero-order valence-corrected chi connectivity index (χ0v) is 11.6. The van der Waals surface area contributed by atoms with Crippen molar-refractivity contribution in [2.75, 3.05) is 26.7 Å². The van der Waals surface area contributed by atoms with Gasteiger partial charge < -0.3 is 9.80 Å². The maximum Gasteiger partial charge on any atom is 0.273 e. The van der Waals surface area contributed by atoms with Crippen molar-refractivity contribution < 1.29 is 4.79 Å². The summed E-state index contributed by atoms with van der Waals surface area (Å²) in [6, 6.07) is 3.89. The van der Waals surface area contributed by atoms with Crippen molar-refractivity contribution in [3.05, 3.63) is 28.5 Å². The molecule has 1 saturated heterocycles. The highest BCUT2D eigenvalue weighted by molar-refractivity contribution is 9.10. The summed E-state index contributed by atoms with van der Waals surface area (Å²) in [6.07, 6.45) is 1.65. The number of hydrogen-bond donors (Lipinski definition) is 0. The lowest BCUT2D eigenvalue weighted by Gasteiger charge is -2.38. The van der Waals surface area contributed by atoms with Gasteiger partial charge in [0.25, 0.3) is 5.91 Å². The Hall–Kier alpha value is -0.940. The Morgan fingerprint density at radius 2 is 2.29 bits per heavy atom. The molecule has 0 aromatic carbocycles. The fourth-order valence-electron chi connectivity index (χ4n) is 2.12. The Bertz CT molecular complexity index is 424. The molecular weight excluding hydrogens is 282 g/mol. The molecule has 1 fully saturated rings. The number of hydrogen-bond acceptors (Lipinski definition) is 3. The number of halogens is 1. The predicted octanol–water partition coefficient (Wildman–Crippen LogP) is 1.62. The first-order valence-electron chi connectivity index (χ1n) is 5.69. The van der Waals surface area contributed by atoms with Gasteiger partial charge in [0.1, 0.15) is 5.69 Å². The summed E-state index contributed by atoms with van der Waals surface area (Å²) in [5.74, 6) is 0.0121. The van der Waals surface area contributed by atoms with Crippen LogP contribution in [0.3, 0.4) is 0 Å². The van der Waals surface area contributed by atoms with Gasteiger partial charge in [-0.2, -0.15) is 0 Å². The third-order valence-electron chi connectivity index (χ3n) is 3.05. The highest BCUT2D eigenvalue weighted by Gasteiger charge is 2.28. The van der Waals surface area contributed by atoms with E-state index in [0.29, 0.717) is 5.69 Å². The van der Waals surface area contributed by atoms with Crippen LogP contribution in [0.4, 0.5) is 0 Å². The van der Waals surface area contributed by atoms with Gasteiger partial charge in [0, 0.05) is 36.3 Å². The molecule has 4 nitrogen and oxygen atoms in total. The molecule has 1 atom stereocenters. The van der Waals surface area contributed by atoms with Gasteiger partial charge in [0.15, 0.2) is 0 Å². The largest absolute Gasteiger partial charge is 0.332 e. The summed E-state index contributed by atoms with van der Waals surface area (Å²) in [5, 5.41) is 0. The smallest absolute Gasteiger partial charge is 0.273 e. The monoisotopic (exact) mass is 297 g/mol. The molecule has 0 radical (unpaired) electrons. The third-order valence-corrected chi connectivity index (χ3v) is 3.69. The molecule has 1 aromatic heterocycles. The van der Waals surface area contributed by atoms with E-state index in [-0.39, 0.29) is 11.9 Å². The first-order valence-corrected chi connectivity index (χ1v) is 6.49. The molecule has 0 aliphatic carbocycles. The average molecular weight is 298 g/mol. The van der Waals surface area contributed by atoms with Crippen LogP contribution in [0.25, 0.3) is 0 Å². The van der Waals surface area contributed by atoms with E-state index in [1.54, 1.807) is 6.20 Å². The Morgan fingerprint density at radius 3 is 2.94 bits per heavy atom. The number of aromatic nitrogens is 1. The summed E-state index contributed by atoms with van der Waals surface area (Å²) in [4.78, 5) is 20.6. The molecule has 17 heavy (non-hydrogen) atoms. The molecule has 92 valence electrons. The van der Waals surface area contributed by atoms with Crippen LogP contribution in [-0.4, -0.2) is 53.4 Å². The second-order valence-corrected chi connectivity index (χ2v) is 5.30. The molecule has 2 heterocycles. The van der Waals surface area contributed by atoms with Crippen LogP contribution in [0, 0.1) is 0 Å². The topological polar surface area (TPSA) is 36.4 Å². The standard InChI is InChI=1S/C12H16BrN3O/c1-9-8-15(2)6-7-16(9)12(17)11-10(13)4-3-5-14-11/h3-5,9H,6-8H2,1-2H3. The fourth-order valence-corrected chi connectivity index (χ4v) is 2.55. The molecule has 1 aliphatic heterocycles. The number of amides is 1.